The number of nitrogens with zero attached hydrogens (tertiary/aromatic N) is 2. The van der Waals surface area contributed by atoms with Crippen molar-refractivity contribution in [3.05, 3.63) is 52.9 Å². The van der Waals surface area contributed by atoms with E-state index in [2.05, 4.69) is 10.3 Å². The first-order chi connectivity index (χ1) is 15.9. The minimum atomic E-state index is -0.297. The molecule has 0 spiro atoms. The second kappa shape index (κ2) is 9.33. The van der Waals surface area contributed by atoms with Crippen LogP contribution in [0.2, 0.25) is 0 Å². The van der Waals surface area contributed by atoms with E-state index in [-0.39, 0.29) is 18.4 Å². The van der Waals surface area contributed by atoms with Crippen LogP contribution in [0.3, 0.4) is 0 Å². The zero-order chi connectivity index (χ0) is 23.5. The second-order valence-electron chi connectivity index (χ2n) is 7.28. The van der Waals surface area contributed by atoms with Gasteiger partial charge in [0.05, 0.1) is 25.6 Å². The normalized spacial score (nSPS) is 13.0. The Bertz CT molecular complexity index is 1250. The van der Waals surface area contributed by atoms with E-state index in [1.165, 1.54) is 17.4 Å². The Kier molecular flexibility index (Phi) is 6.32. The van der Waals surface area contributed by atoms with Crippen LogP contribution in [0.25, 0.3) is 17.3 Å². The number of aromatic nitrogens is 1. The fourth-order valence-electron chi connectivity index (χ4n) is 3.41. The molecule has 33 heavy (non-hydrogen) atoms. The standard InChI is InChI=1S/C24H23N3O5S/c1-14-23(16-7-9-18-17(12-16)27(2)22(29)13-32-18)26-24(33-14)25-21(28)10-6-15-5-8-19(30-3)20(11-15)31-4/h5-12H,13H2,1-4H3,(H,25,26,28)/b10-6+. The fourth-order valence-corrected chi connectivity index (χ4v) is 4.25. The fraction of sp³-hybridized carbons (Fsp3) is 0.208. The largest absolute Gasteiger partial charge is 0.493 e. The molecular formula is C24H23N3O5S. The van der Waals surface area contributed by atoms with E-state index in [9.17, 15) is 9.59 Å². The molecule has 0 unspecified atom stereocenters. The third kappa shape index (κ3) is 4.68. The molecule has 0 atom stereocenters. The highest BCUT2D eigenvalue weighted by atomic mass is 32.1. The molecule has 1 aliphatic rings. The molecule has 2 heterocycles. The zero-order valence-electron chi connectivity index (χ0n) is 18.7. The molecule has 8 nitrogen and oxygen atoms in total. The first-order valence-corrected chi connectivity index (χ1v) is 10.9. The van der Waals surface area contributed by atoms with E-state index in [1.807, 2.05) is 31.2 Å². The summed E-state index contributed by atoms with van der Waals surface area (Å²) in [6.07, 6.45) is 3.13. The van der Waals surface area contributed by atoms with Crippen molar-refractivity contribution >= 4 is 40.0 Å². The Labute approximate surface area is 195 Å². The van der Waals surface area contributed by atoms with Gasteiger partial charge in [0, 0.05) is 23.6 Å². The summed E-state index contributed by atoms with van der Waals surface area (Å²) in [5.74, 6) is 1.46. The van der Waals surface area contributed by atoms with Crippen molar-refractivity contribution in [3.8, 4) is 28.5 Å². The van der Waals surface area contributed by atoms with Crippen LogP contribution >= 0.6 is 11.3 Å². The van der Waals surface area contributed by atoms with Crippen LogP contribution in [0.5, 0.6) is 17.2 Å². The predicted molar refractivity (Wildman–Crippen MR) is 128 cm³/mol. The summed E-state index contributed by atoms with van der Waals surface area (Å²) in [5.41, 5.74) is 3.08. The van der Waals surface area contributed by atoms with Gasteiger partial charge < -0.3 is 19.1 Å². The SMILES string of the molecule is COc1ccc(/C=C/C(=O)Nc2nc(-c3ccc4c(c3)N(C)C(=O)CO4)c(C)s2)cc1OC. The van der Waals surface area contributed by atoms with Crippen molar-refractivity contribution in [2.75, 3.05) is 38.1 Å². The number of anilines is 2. The highest BCUT2D eigenvalue weighted by Gasteiger charge is 2.23. The maximum atomic E-state index is 12.4. The van der Waals surface area contributed by atoms with Crippen LogP contribution in [-0.2, 0) is 9.59 Å². The molecule has 0 saturated heterocycles. The molecule has 0 saturated carbocycles. The minimum Gasteiger partial charge on any atom is -0.493 e. The molecule has 0 aliphatic carbocycles. The lowest BCUT2D eigenvalue weighted by Gasteiger charge is -2.26. The van der Waals surface area contributed by atoms with E-state index in [0.717, 1.165) is 21.7 Å². The molecule has 170 valence electrons. The van der Waals surface area contributed by atoms with Crippen molar-refractivity contribution in [1.29, 1.82) is 0 Å². The number of nitrogens with one attached hydrogen (secondary N) is 1. The van der Waals surface area contributed by atoms with Crippen LogP contribution in [0, 0.1) is 6.92 Å². The summed E-state index contributed by atoms with van der Waals surface area (Å²) in [4.78, 5) is 31.5. The third-order valence-corrected chi connectivity index (χ3v) is 6.07. The molecule has 9 heteroatoms. The number of carbonyl (C=O) groups excluding carboxylic acids is 2. The van der Waals surface area contributed by atoms with Gasteiger partial charge in [0.2, 0.25) is 5.91 Å². The maximum Gasteiger partial charge on any atom is 0.264 e. The average Bonchev–Trinajstić information content (AvgIpc) is 3.19. The number of carbonyl (C=O) groups is 2. The van der Waals surface area contributed by atoms with Gasteiger partial charge in [0.25, 0.3) is 5.91 Å². The number of rotatable bonds is 6. The molecule has 0 fully saturated rings. The van der Waals surface area contributed by atoms with E-state index >= 15 is 0 Å². The van der Waals surface area contributed by atoms with Gasteiger partial charge in [-0.3, -0.25) is 14.9 Å². The van der Waals surface area contributed by atoms with E-state index in [4.69, 9.17) is 14.2 Å². The second-order valence-corrected chi connectivity index (χ2v) is 8.49. The van der Waals surface area contributed by atoms with Crippen LogP contribution in [0.1, 0.15) is 10.4 Å². The van der Waals surface area contributed by atoms with Crippen molar-refractivity contribution < 1.29 is 23.8 Å². The van der Waals surface area contributed by atoms with Crippen molar-refractivity contribution in [3.63, 3.8) is 0 Å². The number of amides is 2. The molecule has 2 amide bonds. The summed E-state index contributed by atoms with van der Waals surface area (Å²) in [7, 11) is 4.85. The van der Waals surface area contributed by atoms with Gasteiger partial charge in [-0.05, 0) is 48.9 Å². The summed E-state index contributed by atoms with van der Waals surface area (Å²) >= 11 is 1.38. The summed E-state index contributed by atoms with van der Waals surface area (Å²) < 4.78 is 16.0. The number of thiazole rings is 1. The quantitative estimate of drug-likeness (QED) is 0.551. The number of hydrogen-bond donors (Lipinski definition) is 1. The summed E-state index contributed by atoms with van der Waals surface area (Å²) in [5, 5.41) is 3.30. The number of aryl methyl sites for hydroxylation is 1. The minimum absolute atomic E-state index is 0.0333. The zero-order valence-corrected chi connectivity index (χ0v) is 19.5. The number of fused-ring (bicyclic) bond motifs is 1. The van der Waals surface area contributed by atoms with E-state index < -0.39 is 0 Å². The summed E-state index contributed by atoms with van der Waals surface area (Å²) in [6.45, 7) is 1.97. The first-order valence-electron chi connectivity index (χ1n) is 10.1. The van der Waals surface area contributed by atoms with Gasteiger partial charge in [-0.25, -0.2) is 4.98 Å². The molecule has 3 aromatic rings. The Morgan fingerprint density at radius 2 is 1.97 bits per heavy atom. The first kappa shape index (κ1) is 22.3. The Balaban J connectivity index is 1.50. The molecule has 4 rings (SSSR count). The Morgan fingerprint density at radius 3 is 2.73 bits per heavy atom. The molecular weight excluding hydrogens is 442 g/mol. The number of ether oxygens (including phenoxy) is 3. The van der Waals surface area contributed by atoms with Crippen LogP contribution in [-0.4, -0.2) is 44.7 Å². The maximum absolute atomic E-state index is 12.4. The lowest BCUT2D eigenvalue weighted by atomic mass is 10.1. The topological polar surface area (TPSA) is 90.0 Å². The number of methoxy groups -OCH3 is 2. The van der Waals surface area contributed by atoms with Crippen molar-refractivity contribution in [2.45, 2.75) is 6.92 Å². The van der Waals surface area contributed by atoms with Crippen molar-refractivity contribution in [2.24, 2.45) is 0 Å². The molecule has 1 aromatic heterocycles. The van der Waals surface area contributed by atoms with Gasteiger partial charge in [-0.2, -0.15) is 0 Å². The van der Waals surface area contributed by atoms with Crippen LogP contribution in [0.4, 0.5) is 10.8 Å². The number of benzene rings is 2. The number of likely N-dealkylation sites (N-methyl/N-ethyl adjacent to an activating group) is 1. The highest BCUT2D eigenvalue weighted by molar-refractivity contribution is 7.16. The van der Waals surface area contributed by atoms with Crippen LogP contribution < -0.4 is 24.4 Å². The predicted octanol–water partition coefficient (Wildman–Crippen LogP) is 4.14. The van der Waals surface area contributed by atoms with E-state index in [1.54, 1.807) is 44.4 Å². The van der Waals surface area contributed by atoms with Gasteiger partial charge in [0.15, 0.2) is 23.2 Å². The van der Waals surface area contributed by atoms with Gasteiger partial charge in [0.1, 0.15) is 5.75 Å². The lowest BCUT2D eigenvalue weighted by molar-refractivity contribution is -0.121. The van der Waals surface area contributed by atoms with Crippen molar-refractivity contribution in [1.82, 2.24) is 4.98 Å². The summed E-state index contributed by atoms with van der Waals surface area (Å²) in [6, 6.07) is 11.0. The van der Waals surface area contributed by atoms with Crippen LogP contribution in [0.15, 0.2) is 42.5 Å². The average molecular weight is 466 g/mol. The Hall–Kier alpha value is -3.85. The Morgan fingerprint density at radius 1 is 1.18 bits per heavy atom. The molecule has 1 aliphatic heterocycles. The molecule has 0 radical (unpaired) electrons. The monoisotopic (exact) mass is 465 g/mol. The van der Waals surface area contributed by atoms with E-state index in [0.29, 0.717) is 28.1 Å². The number of hydrogen-bond acceptors (Lipinski definition) is 7. The lowest BCUT2D eigenvalue weighted by Crippen LogP contribution is -2.35. The highest BCUT2D eigenvalue weighted by Crippen LogP contribution is 2.38. The molecule has 2 aromatic carbocycles. The van der Waals surface area contributed by atoms with Gasteiger partial charge >= 0.3 is 0 Å². The molecule has 1 N–H and O–H groups in total. The van der Waals surface area contributed by atoms with Gasteiger partial charge in [-0.1, -0.05) is 6.07 Å². The van der Waals surface area contributed by atoms with Gasteiger partial charge in [-0.15, -0.1) is 11.3 Å². The third-order valence-electron chi connectivity index (χ3n) is 5.18. The molecule has 0 bridgehead atoms. The smallest absolute Gasteiger partial charge is 0.264 e.